The molecule has 1 aliphatic heterocycles. The second-order valence-corrected chi connectivity index (χ2v) is 4.80. The van der Waals surface area contributed by atoms with Crippen LogP contribution in [-0.2, 0) is 16.0 Å². The highest BCUT2D eigenvalue weighted by Gasteiger charge is 2.21. The molecule has 6 nitrogen and oxygen atoms in total. The van der Waals surface area contributed by atoms with E-state index in [2.05, 4.69) is 4.90 Å². The number of hydrogen-bond donors (Lipinski definition) is 1. The maximum absolute atomic E-state index is 12.0. The van der Waals surface area contributed by atoms with Crippen LogP contribution >= 0.6 is 0 Å². The van der Waals surface area contributed by atoms with E-state index >= 15 is 0 Å². The van der Waals surface area contributed by atoms with Crippen LogP contribution < -0.4 is 5.73 Å². The van der Waals surface area contributed by atoms with Crippen molar-refractivity contribution in [1.29, 1.82) is 0 Å². The molecule has 0 spiro atoms. The minimum atomic E-state index is -0.352. The Bertz CT molecular complexity index is 444. The van der Waals surface area contributed by atoms with Gasteiger partial charge in [-0.3, -0.25) is 0 Å². The van der Waals surface area contributed by atoms with Gasteiger partial charge in [0.2, 0.25) is 0 Å². The zero-order valence-corrected chi connectivity index (χ0v) is 11.5. The largest absolute Gasteiger partial charge is 0.458 e. The van der Waals surface area contributed by atoms with Crippen molar-refractivity contribution in [3.8, 4) is 0 Å². The van der Waals surface area contributed by atoms with Gasteiger partial charge in [0, 0.05) is 25.8 Å². The number of hydrogen-bond acceptors (Lipinski definition) is 5. The van der Waals surface area contributed by atoms with E-state index in [9.17, 15) is 4.79 Å². The number of nitrogen functional groups attached to an aromatic ring is 1. The number of ether oxygens (including phenoxy) is 2. The molecule has 1 unspecified atom stereocenters. The molecule has 1 saturated heterocycles. The highest BCUT2D eigenvalue weighted by molar-refractivity contribution is 5.89. The molecule has 0 bridgehead atoms. The number of carbonyl (C=O) groups excluding carboxylic acids is 1. The minimum Gasteiger partial charge on any atom is -0.458 e. The number of nitrogens with zero attached hydrogens (tertiary/aromatic N) is 2. The third-order valence-corrected chi connectivity index (χ3v) is 3.21. The average molecular weight is 267 g/mol. The maximum Gasteiger partial charge on any atom is 0.355 e. The second kappa shape index (κ2) is 6.08. The van der Waals surface area contributed by atoms with Gasteiger partial charge in [-0.15, -0.1) is 0 Å². The third kappa shape index (κ3) is 3.48. The number of carbonyl (C=O) groups is 1. The number of aromatic nitrogens is 1. The Balaban J connectivity index is 1.90. The Hall–Kier alpha value is -1.53. The van der Waals surface area contributed by atoms with Gasteiger partial charge in [0.05, 0.1) is 12.3 Å². The van der Waals surface area contributed by atoms with E-state index in [0.29, 0.717) is 24.5 Å². The first kappa shape index (κ1) is 13.9. The van der Waals surface area contributed by atoms with E-state index in [1.165, 1.54) is 0 Å². The van der Waals surface area contributed by atoms with Gasteiger partial charge < -0.3 is 24.7 Å². The van der Waals surface area contributed by atoms with Gasteiger partial charge >= 0.3 is 5.97 Å². The SMILES string of the molecule is CCn1cc(N)cc1C(=O)OCC1CN(C)CCO1. The lowest BCUT2D eigenvalue weighted by molar-refractivity contribution is -0.0530. The first-order valence-electron chi connectivity index (χ1n) is 6.53. The van der Waals surface area contributed by atoms with Gasteiger partial charge in [0.25, 0.3) is 0 Å². The molecule has 2 rings (SSSR count). The van der Waals surface area contributed by atoms with Crippen LogP contribution in [-0.4, -0.2) is 54.9 Å². The van der Waals surface area contributed by atoms with E-state index in [0.717, 1.165) is 13.1 Å². The summed E-state index contributed by atoms with van der Waals surface area (Å²) in [5.74, 6) is -0.352. The third-order valence-electron chi connectivity index (χ3n) is 3.21. The Morgan fingerprint density at radius 2 is 2.42 bits per heavy atom. The molecule has 19 heavy (non-hydrogen) atoms. The number of anilines is 1. The van der Waals surface area contributed by atoms with Gasteiger partial charge in [0.15, 0.2) is 0 Å². The lowest BCUT2D eigenvalue weighted by Crippen LogP contribution is -2.42. The van der Waals surface area contributed by atoms with Crippen LogP contribution in [0, 0.1) is 0 Å². The quantitative estimate of drug-likeness (QED) is 0.808. The van der Waals surface area contributed by atoms with Crippen LogP contribution in [0.4, 0.5) is 5.69 Å². The zero-order valence-electron chi connectivity index (χ0n) is 11.5. The fourth-order valence-corrected chi connectivity index (χ4v) is 2.18. The average Bonchev–Trinajstić information content (AvgIpc) is 2.77. The van der Waals surface area contributed by atoms with Crippen LogP contribution in [0.2, 0.25) is 0 Å². The molecule has 1 aromatic rings. The first-order valence-corrected chi connectivity index (χ1v) is 6.53. The standard InChI is InChI=1S/C13H21N3O3/c1-3-16-7-10(14)6-12(16)13(17)19-9-11-8-15(2)4-5-18-11/h6-7,11H,3-5,8-9,14H2,1-2H3. The summed E-state index contributed by atoms with van der Waals surface area (Å²) >= 11 is 0. The Morgan fingerprint density at radius 3 is 3.11 bits per heavy atom. The molecule has 0 saturated carbocycles. The smallest absolute Gasteiger partial charge is 0.355 e. The van der Waals surface area contributed by atoms with Crippen molar-refractivity contribution in [1.82, 2.24) is 9.47 Å². The van der Waals surface area contributed by atoms with Crippen LogP contribution in [0.3, 0.4) is 0 Å². The van der Waals surface area contributed by atoms with Gasteiger partial charge in [-0.25, -0.2) is 4.79 Å². The van der Waals surface area contributed by atoms with Crippen molar-refractivity contribution in [2.45, 2.75) is 19.6 Å². The number of esters is 1. The molecule has 0 aliphatic carbocycles. The van der Waals surface area contributed by atoms with Gasteiger partial charge in [-0.2, -0.15) is 0 Å². The Morgan fingerprint density at radius 1 is 1.63 bits per heavy atom. The van der Waals surface area contributed by atoms with E-state index < -0.39 is 0 Å². The summed E-state index contributed by atoms with van der Waals surface area (Å²) < 4.78 is 12.6. The first-order chi connectivity index (χ1) is 9.10. The zero-order chi connectivity index (χ0) is 13.8. The molecule has 2 heterocycles. The van der Waals surface area contributed by atoms with Crippen LogP contribution in [0.5, 0.6) is 0 Å². The van der Waals surface area contributed by atoms with E-state index in [4.69, 9.17) is 15.2 Å². The van der Waals surface area contributed by atoms with Gasteiger partial charge in [-0.05, 0) is 20.0 Å². The molecule has 106 valence electrons. The topological polar surface area (TPSA) is 69.7 Å². The lowest BCUT2D eigenvalue weighted by Gasteiger charge is -2.29. The van der Waals surface area contributed by atoms with Crippen molar-refractivity contribution in [3.63, 3.8) is 0 Å². The minimum absolute atomic E-state index is 0.0508. The molecular weight excluding hydrogens is 246 g/mol. The van der Waals surface area contributed by atoms with Crippen LogP contribution in [0.15, 0.2) is 12.3 Å². The van der Waals surface area contributed by atoms with Crippen molar-refractivity contribution < 1.29 is 14.3 Å². The lowest BCUT2D eigenvalue weighted by atomic mass is 10.3. The van der Waals surface area contributed by atoms with E-state index in [1.54, 1.807) is 16.8 Å². The molecule has 0 aromatic carbocycles. The molecule has 1 aliphatic rings. The van der Waals surface area contributed by atoms with Crippen molar-refractivity contribution in [2.24, 2.45) is 0 Å². The molecule has 2 N–H and O–H groups in total. The van der Waals surface area contributed by atoms with Crippen molar-refractivity contribution in [3.05, 3.63) is 18.0 Å². The molecule has 1 aromatic heterocycles. The molecular formula is C13H21N3O3. The van der Waals surface area contributed by atoms with E-state index in [1.807, 2.05) is 14.0 Å². The van der Waals surface area contributed by atoms with Gasteiger partial charge in [0.1, 0.15) is 18.4 Å². The van der Waals surface area contributed by atoms with Crippen LogP contribution in [0.25, 0.3) is 0 Å². The van der Waals surface area contributed by atoms with Crippen molar-refractivity contribution in [2.75, 3.05) is 39.1 Å². The number of aryl methyl sites for hydroxylation is 1. The second-order valence-electron chi connectivity index (χ2n) is 4.80. The molecule has 0 amide bonds. The Kier molecular flexibility index (Phi) is 4.44. The molecule has 0 radical (unpaired) electrons. The summed E-state index contributed by atoms with van der Waals surface area (Å²) in [5.41, 5.74) is 6.75. The normalized spacial score (nSPS) is 20.4. The summed E-state index contributed by atoms with van der Waals surface area (Å²) in [6, 6.07) is 1.64. The highest BCUT2D eigenvalue weighted by Crippen LogP contribution is 2.12. The summed E-state index contributed by atoms with van der Waals surface area (Å²) in [6.07, 6.45) is 1.69. The van der Waals surface area contributed by atoms with Crippen molar-refractivity contribution >= 4 is 11.7 Å². The molecule has 6 heteroatoms. The highest BCUT2D eigenvalue weighted by atomic mass is 16.6. The number of likely N-dealkylation sites (N-methyl/N-ethyl adjacent to an activating group) is 1. The summed E-state index contributed by atoms with van der Waals surface area (Å²) in [6.45, 7) is 5.29. The summed E-state index contributed by atoms with van der Waals surface area (Å²) in [5, 5.41) is 0. The summed E-state index contributed by atoms with van der Waals surface area (Å²) in [7, 11) is 2.03. The van der Waals surface area contributed by atoms with Crippen LogP contribution in [0.1, 0.15) is 17.4 Å². The Labute approximate surface area is 113 Å². The summed E-state index contributed by atoms with van der Waals surface area (Å²) in [4.78, 5) is 14.2. The van der Waals surface area contributed by atoms with E-state index in [-0.39, 0.29) is 18.7 Å². The molecule has 1 fully saturated rings. The number of morpholine rings is 1. The fraction of sp³-hybridized carbons (Fsp3) is 0.615. The predicted molar refractivity (Wildman–Crippen MR) is 72.0 cm³/mol. The number of rotatable bonds is 4. The monoisotopic (exact) mass is 267 g/mol. The predicted octanol–water partition coefficient (Wildman–Crippen LogP) is 0.578. The number of nitrogens with two attached hydrogens (primary N) is 1. The molecule has 1 atom stereocenters. The fourth-order valence-electron chi connectivity index (χ4n) is 2.18. The van der Waals surface area contributed by atoms with Gasteiger partial charge in [-0.1, -0.05) is 0 Å². The maximum atomic E-state index is 12.0.